The first kappa shape index (κ1) is 23.7. The molecule has 0 bridgehead atoms. The van der Waals surface area contributed by atoms with Crippen LogP contribution in [-0.2, 0) is 15.9 Å². The number of aliphatic hydroxyl groups excluding tert-OH is 1. The van der Waals surface area contributed by atoms with Gasteiger partial charge in [0.2, 0.25) is 5.75 Å². The monoisotopic (exact) mass is 399 g/mol. The zero-order valence-corrected chi connectivity index (χ0v) is 16.8. The predicted molar refractivity (Wildman–Crippen MR) is 103 cm³/mol. The smallest absolute Gasteiger partial charge is 0.315 e. The van der Waals surface area contributed by atoms with E-state index in [2.05, 4.69) is 6.58 Å². The maximum Gasteiger partial charge on any atom is 0.315 e. The van der Waals surface area contributed by atoms with Crippen molar-refractivity contribution >= 4 is 5.69 Å². The molecule has 0 aliphatic rings. The van der Waals surface area contributed by atoms with E-state index in [1.165, 1.54) is 27.4 Å². The Morgan fingerprint density at radius 1 is 1.21 bits per heavy atom. The standard InChI is InChI=1S/C19H29NO8/c1-6-7-14(21)8-13(2)9-15-18(28-12-25-4)16(20(22)23)10-17(19(15)26-5)27-11-24-3/h6,10,13-14,21H,1,7-9,11-12H2,2-5H3/t13-,14-/m0/s1. The van der Waals surface area contributed by atoms with Crippen LogP contribution in [0.5, 0.6) is 17.2 Å². The number of nitrogens with zero attached hydrogens (tertiary/aromatic N) is 1. The van der Waals surface area contributed by atoms with Crippen molar-refractivity contribution in [3.8, 4) is 17.2 Å². The van der Waals surface area contributed by atoms with E-state index >= 15 is 0 Å². The molecule has 0 radical (unpaired) electrons. The average molecular weight is 399 g/mol. The summed E-state index contributed by atoms with van der Waals surface area (Å²) in [7, 11) is 4.32. The van der Waals surface area contributed by atoms with Crippen LogP contribution in [0.3, 0.4) is 0 Å². The van der Waals surface area contributed by atoms with E-state index in [1.807, 2.05) is 6.92 Å². The molecule has 0 spiro atoms. The van der Waals surface area contributed by atoms with Gasteiger partial charge in [-0.05, 0) is 25.2 Å². The molecule has 0 fully saturated rings. The fraction of sp³-hybridized carbons (Fsp3) is 0.579. The zero-order chi connectivity index (χ0) is 21.1. The fourth-order valence-corrected chi connectivity index (χ4v) is 2.90. The molecule has 1 aromatic carbocycles. The lowest BCUT2D eigenvalue weighted by molar-refractivity contribution is -0.386. The van der Waals surface area contributed by atoms with E-state index in [1.54, 1.807) is 6.08 Å². The van der Waals surface area contributed by atoms with Crippen LogP contribution in [-0.4, -0.2) is 51.0 Å². The number of nitro groups is 1. The molecule has 0 aliphatic heterocycles. The van der Waals surface area contributed by atoms with Gasteiger partial charge in [0.05, 0.1) is 24.2 Å². The van der Waals surface area contributed by atoms with Crippen LogP contribution in [0.25, 0.3) is 0 Å². The van der Waals surface area contributed by atoms with Crippen LogP contribution in [0, 0.1) is 16.0 Å². The Morgan fingerprint density at radius 3 is 2.39 bits per heavy atom. The summed E-state index contributed by atoms with van der Waals surface area (Å²) in [6.45, 7) is 5.29. The van der Waals surface area contributed by atoms with Gasteiger partial charge in [-0.2, -0.15) is 0 Å². The van der Waals surface area contributed by atoms with Crippen LogP contribution in [0.4, 0.5) is 5.69 Å². The first-order valence-corrected chi connectivity index (χ1v) is 8.80. The van der Waals surface area contributed by atoms with E-state index < -0.39 is 11.0 Å². The Bertz CT molecular complexity index is 649. The van der Waals surface area contributed by atoms with Gasteiger partial charge in [-0.1, -0.05) is 13.0 Å². The first-order valence-electron chi connectivity index (χ1n) is 8.80. The molecule has 1 aromatic rings. The van der Waals surface area contributed by atoms with E-state index in [-0.39, 0.29) is 36.7 Å². The third kappa shape index (κ3) is 6.66. The summed E-state index contributed by atoms with van der Waals surface area (Å²) in [6, 6.07) is 1.24. The number of benzene rings is 1. The molecule has 2 atom stereocenters. The minimum atomic E-state index is -0.551. The van der Waals surface area contributed by atoms with E-state index in [9.17, 15) is 15.2 Å². The fourth-order valence-electron chi connectivity index (χ4n) is 2.90. The highest BCUT2D eigenvalue weighted by Crippen LogP contribution is 2.45. The van der Waals surface area contributed by atoms with Gasteiger partial charge in [-0.15, -0.1) is 6.58 Å². The maximum atomic E-state index is 11.6. The number of ether oxygens (including phenoxy) is 5. The van der Waals surface area contributed by atoms with Gasteiger partial charge in [0.1, 0.15) is 0 Å². The number of methoxy groups -OCH3 is 3. The van der Waals surface area contributed by atoms with Gasteiger partial charge in [0.25, 0.3) is 0 Å². The number of nitro benzene ring substituents is 1. The molecule has 1 N–H and O–H groups in total. The third-order valence-corrected chi connectivity index (χ3v) is 3.99. The molecular formula is C19H29NO8. The topological polar surface area (TPSA) is 110 Å². The minimum Gasteiger partial charge on any atom is -0.492 e. The Hall–Kier alpha value is -2.36. The Labute approximate surface area is 165 Å². The second-order valence-electron chi connectivity index (χ2n) is 6.32. The third-order valence-electron chi connectivity index (χ3n) is 3.99. The molecule has 0 aliphatic carbocycles. The number of rotatable bonds is 14. The van der Waals surface area contributed by atoms with Crippen LogP contribution < -0.4 is 14.2 Å². The highest BCUT2D eigenvalue weighted by atomic mass is 16.7. The maximum absolute atomic E-state index is 11.6. The van der Waals surface area contributed by atoms with Crippen LogP contribution in [0.1, 0.15) is 25.3 Å². The summed E-state index contributed by atoms with van der Waals surface area (Å²) in [5, 5.41) is 21.7. The van der Waals surface area contributed by atoms with Crippen LogP contribution in [0.2, 0.25) is 0 Å². The van der Waals surface area contributed by atoms with Gasteiger partial charge in [-0.25, -0.2) is 0 Å². The van der Waals surface area contributed by atoms with Gasteiger partial charge in [0, 0.05) is 19.8 Å². The zero-order valence-electron chi connectivity index (χ0n) is 16.8. The molecule has 0 unspecified atom stereocenters. The molecule has 0 amide bonds. The number of hydrogen-bond donors (Lipinski definition) is 1. The van der Waals surface area contributed by atoms with Crippen LogP contribution >= 0.6 is 0 Å². The molecule has 0 aromatic heterocycles. The van der Waals surface area contributed by atoms with E-state index in [4.69, 9.17) is 23.7 Å². The lowest BCUT2D eigenvalue weighted by Crippen LogP contribution is -2.15. The summed E-state index contributed by atoms with van der Waals surface area (Å²) in [5.41, 5.74) is 0.205. The van der Waals surface area contributed by atoms with Crippen molar-refractivity contribution in [3.05, 3.63) is 34.4 Å². The lowest BCUT2D eigenvalue weighted by Gasteiger charge is -2.21. The Kier molecular flexibility index (Phi) is 10.3. The number of hydrogen-bond acceptors (Lipinski definition) is 8. The van der Waals surface area contributed by atoms with Crippen molar-refractivity contribution in [3.63, 3.8) is 0 Å². The van der Waals surface area contributed by atoms with Gasteiger partial charge >= 0.3 is 5.69 Å². The van der Waals surface area contributed by atoms with Gasteiger partial charge in [-0.3, -0.25) is 10.1 Å². The molecule has 1 rings (SSSR count). The summed E-state index contributed by atoms with van der Waals surface area (Å²) in [4.78, 5) is 11.1. The summed E-state index contributed by atoms with van der Waals surface area (Å²) in [5.74, 6) is 0.526. The average Bonchev–Trinajstić information content (AvgIpc) is 2.64. The largest absolute Gasteiger partial charge is 0.492 e. The second kappa shape index (κ2) is 12.2. The molecule has 9 heteroatoms. The van der Waals surface area contributed by atoms with Crippen molar-refractivity contribution < 1.29 is 33.7 Å². The Morgan fingerprint density at radius 2 is 1.86 bits per heavy atom. The highest BCUT2D eigenvalue weighted by Gasteiger charge is 2.29. The minimum absolute atomic E-state index is 0.0222. The SMILES string of the molecule is C=CC[C@H](O)C[C@H](C)Cc1c(OC)c(OCOC)cc([N+](=O)[O-])c1OCOC. The predicted octanol–water partition coefficient (Wildman–Crippen LogP) is 3.07. The van der Waals surface area contributed by atoms with Crippen molar-refractivity contribution in [1.29, 1.82) is 0 Å². The van der Waals surface area contributed by atoms with Gasteiger partial charge < -0.3 is 28.8 Å². The van der Waals surface area contributed by atoms with Crippen molar-refractivity contribution in [2.24, 2.45) is 5.92 Å². The number of aliphatic hydroxyl groups is 1. The van der Waals surface area contributed by atoms with E-state index in [0.29, 0.717) is 30.6 Å². The molecule has 0 saturated carbocycles. The molecule has 158 valence electrons. The molecular weight excluding hydrogens is 370 g/mol. The van der Waals surface area contributed by atoms with Crippen molar-refractivity contribution in [1.82, 2.24) is 0 Å². The van der Waals surface area contributed by atoms with Crippen molar-refractivity contribution in [2.45, 2.75) is 32.3 Å². The van der Waals surface area contributed by atoms with Gasteiger partial charge in [0.15, 0.2) is 25.1 Å². The highest BCUT2D eigenvalue weighted by molar-refractivity contribution is 5.64. The second-order valence-corrected chi connectivity index (χ2v) is 6.32. The van der Waals surface area contributed by atoms with Crippen molar-refractivity contribution in [2.75, 3.05) is 34.9 Å². The normalized spacial score (nSPS) is 12.9. The molecule has 9 nitrogen and oxygen atoms in total. The molecule has 0 saturated heterocycles. The Balaban J connectivity index is 3.41. The molecule has 28 heavy (non-hydrogen) atoms. The molecule has 0 heterocycles. The van der Waals surface area contributed by atoms with Crippen LogP contribution in [0.15, 0.2) is 18.7 Å². The quantitative estimate of drug-likeness (QED) is 0.220. The lowest BCUT2D eigenvalue weighted by atomic mass is 9.92. The van der Waals surface area contributed by atoms with E-state index in [0.717, 1.165) is 0 Å². The summed E-state index contributed by atoms with van der Waals surface area (Å²) in [6.07, 6.45) is 2.41. The summed E-state index contributed by atoms with van der Waals surface area (Å²) >= 11 is 0. The first-order chi connectivity index (χ1) is 13.4. The summed E-state index contributed by atoms with van der Waals surface area (Å²) < 4.78 is 26.3.